The molecule has 0 atom stereocenters. The van der Waals surface area contributed by atoms with Crippen LogP contribution in [0, 0.1) is 12.3 Å². The third-order valence-corrected chi connectivity index (χ3v) is 1.50. The van der Waals surface area contributed by atoms with Gasteiger partial charge in [-0.25, -0.2) is 0 Å². The Kier molecular flexibility index (Phi) is 6.17. The summed E-state index contributed by atoms with van der Waals surface area (Å²) in [6, 6.07) is 0. The number of ketones is 1. The molecule has 0 unspecified atom stereocenters. The average molecular weight is 194 g/mol. The van der Waals surface area contributed by atoms with Gasteiger partial charge in [0.1, 0.15) is 12.4 Å². The Morgan fingerprint density at radius 3 is 2.64 bits per heavy atom. The molecule has 0 saturated heterocycles. The number of hydrogen-bond donors (Lipinski definition) is 1. The van der Waals surface area contributed by atoms with Gasteiger partial charge in [-0.1, -0.05) is 5.92 Å². The number of aliphatic hydroxyl groups is 1. The minimum atomic E-state index is -0.0884. The molecule has 0 fully saturated rings. The SMILES string of the molecule is C#C/C=C(\C=C(/C)C(C)=O)OCCO. The van der Waals surface area contributed by atoms with Gasteiger partial charge in [0.25, 0.3) is 0 Å². The van der Waals surface area contributed by atoms with E-state index in [1.165, 1.54) is 13.0 Å². The maximum atomic E-state index is 10.9. The largest absolute Gasteiger partial charge is 0.491 e. The minimum Gasteiger partial charge on any atom is -0.491 e. The van der Waals surface area contributed by atoms with Crippen LogP contribution in [0.15, 0.2) is 23.5 Å². The molecule has 0 bridgehead atoms. The molecule has 0 aromatic heterocycles. The number of carbonyl (C=O) groups excluding carboxylic acids is 1. The Hall–Kier alpha value is -1.53. The summed E-state index contributed by atoms with van der Waals surface area (Å²) in [4.78, 5) is 10.9. The molecule has 0 aliphatic heterocycles. The van der Waals surface area contributed by atoms with Crippen molar-refractivity contribution in [3.63, 3.8) is 0 Å². The molecule has 0 saturated carbocycles. The summed E-state index contributed by atoms with van der Waals surface area (Å²) in [5.74, 6) is 2.67. The number of carbonyl (C=O) groups is 1. The standard InChI is InChI=1S/C11H14O3/c1-4-5-11(14-7-6-12)8-9(2)10(3)13/h1,5,8,12H,6-7H2,2-3H3/b9-8+,11-5+. The number of Topliss-reactive ketones (excluding diaryl/α,β-unsaturated/α-hetero) is 1. The van der Waals surface area contributed by atoms with Gasteiger partial charge in [0.15, 0.2) is 5.78 Å². The summed E-state index contributed by atoms with van der Waals surface area (Å²) in [6.07, 6.45) is 8.03. The van der Waals surface area contributed by atoms with Crippen molar-refractivity contribution in [3.8, 4) is 12.3 Å². The van der Waals surface area contributed by atoms with Crippen molar-refractivity contribution in [1.29, 1.82) is 0 Å². The molecule has 0 spiro atoms. The van der Waals surface area contributed by atoms with E-state index in [0.29, 0.717) is 11.3 Å². The molecule has 0 heterocycles. The summed E-state index contributed by atoms with van der Waals surface area (Å²) in [7, 11) is 0. The molecule has 3 nitrogen and oxygen atoms in total. The maximum absolute atomic E-state index is 10.9. The highest BCUT2D eigenvalue weighted by atomic mass is 16.5. The van der Waals surface area contributed by atoms with Crippen LogP contribution < -0.4 is 0 Å². The molecular weight excluding hydrogens is 180 g/mol. The van der Waals surface area contributed by atoms with Crippen molar-refractivity contribution < 1.29 is 14.6 Å². The van der Waals surface area contributed by atoms with Gasteiger partial charge in [-0.3, -0.25) is 4.79 Å². The lowest BCUT2D eigenvalue weighted by Gasteiger charge is -2.04. The third kappa shape index (κ3) is 5.18. The molecule has 0 aliphatic carbocycles. The highest BCUT2D eigenvalue weighted by Crippen LogP contribution is 2.04. The fourth-order valence-corrected chi connectivity index (χ4v) is 0.686. The zero-order chi connectivity index (χ0) is 11.0. The summed E-state index contributed by atoms with van der Waals surface area (Å²) >= 11 is 0. The van der Waals surface area contributed by atoms with Gasteiger partial charge in [0, 0.05) is 6.08 Å². The van der Waals surface area contributed by atoms with Crippen LogP contribution in [0.2, 0.25) is 0 Å². The van der Waals surface area contributed by atoms with Crippen LogP contribution >= 0.6 is 0 Å². The fourth-order valence-electron chi connectivity index (χ4n) is 0.686. The third-order valence-electron chi connectivity index (χ3n) is 1.50. The molecule has 0 aromatic carbocycles. The molecular formula is C11H14O3. The first-order chi connectivity index (χ1) is 6.61. The summed E-state index contributed by atoms with van der Waals surface area (Å²) < 4.78 is 5.09. The highest BCUT2D eigenvalue weighted by molar-refractivity contribution is 5.93. The first kappa shape index (κ1) is 12.5. The number of ether oxygens (including phenoxy) is 1. The van der Waals surface area contributed by atoms with Gasteiger partial charge in [-0.15, -0.1) is 6.42 Å². The van der Waals surface area contributed by atoms with Crippen molar-refractivity contribution in [3.05, 3.63) is 23.5 Å². The van der Waals surface area contributed by atoms with Crippen molar-refractivity contribution in [2.45, 2.75) is 13.8 Å². The van der Waals surface area contributed by atoms with E-state index in [1.807, 2.05) is 0 Å². The average Bonchev–Trinajstić information content (AvgIpc) is 2.14. The summed E-state index contributed by atoms with van der Waals surface area (Å²) in [6.45, 7) is 3.21. The van der Waals surface area contributed by atoms with Crippen molar-refractivity contribution in [2.24, 2.45) is 0 Å². The first-order valence-corrected chi connectivity index (χ1v) is 4.21. The van der Waals surface area contributed by atoms with Crippen LogP contribution in [-0.4, -0.2) is 24.1 Å². The Morgan fingerprint density at radius 2 is 2.21 bits per heavy atom. The van der Waals surface area contributed by atoms with Gasteiger partial charge in [-0.05, 0) is 25.5 Å². The van der Waals surface area contributed by atoms with Crippen LogP contribution in [0.4, 0.5) is 0 Å². The van der Waals surface area contributed by atoms with E-state index in [2.05, 4.69) is 5.92 Å². The van der Waals surface area contributed by atoms with Crippen LogP contribution in [0.25, 0.3) is 0 Å². The Labute approximate surface area is 84.1 Å². The first-order valence-electron chi connectivity index (χ1n) is 4.21. The van der Waals surface area contributed by atoms with E-state index in [9.17, 15) is 4.79 Å². The van der Waals surface area contributed by atoms with Crippen LogP contribution in [0.3, 0.4) is 0 Å². The number of hydrogen-bond acceptors (Lipinski definition) is 3. The monoisotopic (exact) mass is 194 g/mol. The van der Waals surface area contributed by atoms with Crippen molar-refractivity contribution in [2.75, 3.05) is 13.2 Å². The normalized spacial score (nSPS) is 12.1. The predicted octanol–water partition coefficient (Wildman–Crippen LogP) is 1.05. The van der Waals surface area contributed by atoms with Gasteiger partial charge >= 0.3 is 0 Å². The van der Waals surface area contributed by atoms with Crippen LogP contribution in [-0.2, 0) is 9.53 Å². The Balaban J connectivity index is 4.54. The van der Waals surface area contributed by atoms with Crippen LogP contribution in [0.5, 0.6) is 0 Å². The minimum absolute atomic E-state index is 0.0412. The number of terminal acetylenes is 1. The van der Waals surface area contributed by atoms with Crippen molar-refractivity contribution >= 4 is 5.78 Å². The van der Waals surface area contributed by atoms with E-state index >= 15 is 0 Å². The zero-order valence-corrected chi connectivity index (χ0v) is 8.41. The topological polar surface area (TPSA) is 46.5 Å². The van der Waals surface area contributed by atoms with E-state index in [0.717, 1.165) is 0 Å². The Morgan fingerprint density at radius 1 is 1.57 bits per heavy atom. The highest BCUT2D eigenvalue weighted by Gasteiger charge is 1.99. The lowest BCUT2D eigenvalue weighted by molar-refractivity contribution is -0.113. The van der Waals surface area contributed by atoms with E-state index in [-0.39, 0.29) is 19.0 Å². The molecule has 0 radical (unpaired) electrons. The predicted molar refractivity (Wildman–Crippen MR) is 54.4 cm³/mol. The molecule has 1 N–H and O–H groups in total. The van der Waals surface area contributed by atoms with E-state index < -0.39 is 0 Å². The summed E-state index contributed by atoms with van der Waals surface area (Å²) in [5.41, 5.74) is 0.560. The van der Waals surface area contributed by atoms with Gasteiger partial charge in [0.05, 0.1) is 6.61 Å². The van der Waals surface area contributed by atoms with E-state index in [4.69, 9.17) is 16.3 Å². The molecule has 0 amide bonds. The van der Waals surface area contributed by atoms with Crippen molar-refractivity contribution in [1.82, 2.24) is 0 Å². The molecule has 0 rings (SSSR count). The molecule has 0 aliphatic rings. The second-order valence-electron chi connectivity index (χ2n) is 2.67. The molecule has 0 aromatic rings. The summed E-state index contributed by atoms with van der Waals surface area (Å²) in [5, 5.41) is 8.54. The second kappa shape index (κ2) is 6.93. The maximum Gasteiger partial charge on any atom is 0.155 e. The molecule has 14 heavy (non-hydrogen) atoms. The Bertz CT molecular complexity index is 292. The zero-order valence-electron chi connectivity index (χ0n) is 8.41. The quantitative estimate of drug-likeness (QED) is 0.308. The number of aliphatic hydroxyl groups excluding tert-OH is 1. The van der Waals surface area contributed by atoms with Gasteiger partial charge < -0.3 is 9.84 Å². The van der Waals surface area contributed by atoms with Crippen LogP contribution in [0.1, 0.15) is 13.8 Å². The van der Waals surface area contributed by atoms with E-state index in [1.54, 1.807) is 13.0 Å². The molecule has 3 heteroatoms. The van der Waals surface area contributed by atoms with Gasteiger partial charge in [0.2, 0.25) is 0 Å². The second-order valence-corrected chi connectivity index (χ2v) is 2.67. The van der Waals surface area contributed by atoms with Gasteiger partial charge in [-0.2, -0.15) is 0 Å². The number of allylic oxidation sites excluding steroid dienone is 3. The number of rotatable bonds is 5. The fraction of sp³-hybridized carbons (Fsp3) is 0.364. The smallest absolute Gasteiger partial charge is 0.155 e. The lowest BCUT2D eigenvalue weighted by atomic mass is 10.2. The lowest BCUT2D eigenvalue weighted by Crippen LogP contribution is -1.99. The molecule has 76 valence electrons.